The molecule has 1 saturated carbocycles. The summed E-state index contributed by atoms with van der Waals surface area (Å²) < 4.78 is 0. The average molecular weight is 505 g/mol. The van der Waals surface area contributed by atoms with Crippen molar-refractivity contribution >= 4 is 35.0 Å². The van der Waals surface area contributed by atoms with Crippen LogP contribution in [0.5, 0.6) is 0 Å². The van der Waals surface area contributed by atoms with Crippen LogP contribution in [0.25, 0.3) is 0 Å². The zero-order chi connectivity index (χ0) is 25.1. The highest BCUT2D eigenvalue weighted by Gasteiger charge is 2.29. The average Bonchev–Trinajstić information content (AvgIpc) is 3.57. The van der Waals surface area contributed by atoms with Crippen molar-refractivity contribution in [3.8, 4) is 0 Å². The van der Waals surface area contributed by atoms with E-state index in [2.05, 4.69) is 47.4 Å². The molecule has 0 unspecified atom stereocenters. The van der Waals surface area contributed by atoms with Crippen molar-refractivity contribution in [3.05, 3.63) is 54.4 Å². The Hall–Kier alpha value is -2.84. The Bertz CT molecular complexity index is 1160. The summed E-state index contributed by atoms with van der Waals surface area (Å²) in [6.07, 6.45) is 7.24. The molecule has 1 saturated heterocycles. The first-order valence-electron chi connectivity index (χ1n) is 12.9. The molecular weight excluding hydrogens is 468 g/mol. The van der Waals surface area contributed by atoms with Crippen LogP contribution in [0.15, 0.2) is 58.7 Å². The molecule has 0 bridgehead atoms. The second-order valence-electron chi connectivity index (χ2n) is 10.9. The summed E-state index contributed by atoms with van der Waals surface area (Å²) in [6.45, 7) is 9.17. The summed E-state index contributed by atoms with van der Waals surface area (Å²) in [5, 5.41) is 7.11. The molecular formula is C28H36N6OS. The lowest BCUT2D eigenvalue weighted by Gasteiger charge is -2.40. The van der Waals surface area contributed by atoms with Gasteiger partial charge in [0.15, 0.2) is 5.16 Å². The van der Waals surface area contributed by atoms with Crippen LogP contribution in [0.1, 0.15) is 52.1 Å². The number of likely N-dealkylation sites (tertiary alicyclic amines) is 1. The first kappa shape index (κ1) is 24.8. The Morgan fingerprint density at radius 2 is 1.83 bits per heavy atom. The van der Waals surface area contributed by atoms with Gasteiger partial charge in [-0.3, -0.25) is 9.69 Å². The Morgan fingerprint density at radius 3 is 2.47 bits per heavy atom. The van der Waals surface area contributed by atoms with Gasteiger partial charge in [-0.25, -0.2) is 9.97 Å². The summed E-state index contributed by atoms with van der Waals surface area (Å²) in [5.74, 6) is 2.65. The molecule has 1 aliphatic carbocycles. The maximum Gasteiger partial charge on any atom is 0.227 e. The van der Waals surface area contributed by atoms with Crippen LogP contribution in [0, 0.1) is 11.8 Å². The maximum absolute atomic E-state index is 12.0. The van der Waals surface area contributed by atoms with Crippen LogP contribution in [0.3, 0.4) is 0 Å². The standard InChI is InChI=1S/C28H36N6OS/c1-28(2,3)34-15-12-19(13-16-34)17-22-18-25(32-24-5-4-14-29-24)33-27(31-22)36-23-10-8-21(9-11-23)30-26(35)20-6-7-20/h4-5,8-11,14,18-20,29H,6-7,12-13,15-17H2,1-3H3,(H,30,35)(H,31,32,33). The van der Waals surface area contributed by atoms with Crippen molar-refractivity contribution in [3.63, 3.8) is 0 Å². The van der Waals surface area contributed by atoms with E-state index in [1.54, 1.807) is 11.8 Å². The third kappa shape index (κ3) is 6.68. The number of aromatic nitrogens is 3. The molecule has 190 valence electrons. The van der Waals surface area contributed by atoms with Crippen LogP contribution in [0.2, 0.25) is 0 Å². The summed E-state index contributed by atoms with van der Waals surface area (Å²) in [7, 11) is 0. The van der Waals surface area contributed by atoms with Gasteiger partial charge in [-0.1, -0.05) is 0 Å². The molecule has 0 radical (unpaired) electrons. The number of rotatable bonds is 8. The summed E-state index contributed by atoms with van der Waals surface area (Å²) in [4.78, 5) is 28.6. The molecule has 0 atom stereocenters. The number of hydrogen-bond acceptors (Lipinski definition) is 6. The predicted molar refractivity (Wildman–Crippen MR) is 146 cm³/mol. The largest absolute Gasteiger partial charge is 0.348 e. The van der Waals surface area contributed by atoms with Crippen LogP contribution in [0.4, 0.5) is 17.3 Å². The van der Waals surface area contributed by atoms with E-state index < -0.39 is 0 Å². The van der Waals surface area contributed by atoms with E-state index in [1.165, 1.54) is 12.8 Å². The van der Waals surface area contributed by atoms with Crippen molar-refractivity contribution in [2.24, 2.45) is 11.8 Å². The number of nitrogens with one attached hydrogen (secondary N) is 3. The molecule has 1 amide bonds. The number of H-pyrrole nitrogens is 1. The summed E-state index contributed by atoms with van der Waals surface area (Å²) in [6, 6.07) is 14.0. The van der Waals surface area contributed by atoms with Crippen molar-refractivity contribution in [1.29, 1.82) is 0 Å². The van der Waals surface area contributed by atoms with Crippen LogP contribution >= 0.6 is 11.8 Å². The Labute approximate surface area is 217 Å². The van der Waals surface area contributed by atoms with Gasteiger partial charge < -0.3 is 15.6 Å². The van der Waals surface area contributed by atoms with Gasteiger partial charge in [0.05, 0.1) is 0 Å². The molecule has 7 nitrogen and oxygen atoms in total. The fraction of sp³-hybridized carbons (Fsp3) is 0.464. The molecule has 2 aromatic heterocycles. The van der Waals surface area contributed by atoms with Gasteiger partial charge in [0.1, 0.15) is 11.6 Å². The number of benzene rings is 1. The highest BCUT2D eigenvalue weighted by atomic mass is 32.2. The molecule has 1 aliphatic heterocycles. The van der Waals surface area contributed by atoms with Crippen molar-refractivity contribution in [2.45, 2.75) is 68.5 Å². The van der Waals surface area contributed by atoms with Gasteiger partial charge in [-0.15, -0.1) is 0 Å². The molecule has 1 aromatic carbocycles. The molecule has 2 aliphatic rings. The van der Waals surface area contributed by atoms with Gasteiger partial charge in [-0.2, -0.15) is 0 Å². The molecule has 3 heterocycles. The Balaban J connectivity index is 1.28. The fourth-order valence-electron chi connectivity index (χ4n) is 4.64. The van der Waals surface area contributed by atoms with Gasteiger partial charge in [0.25, 0.3) is 0 Å². The minimum atomic E-state index is 0.125. The minimum Gasteiger partial charge on any atom is -0.348 e. The molecule has 5 rings (SSSR count). The molecule has 3 N–H and O–H groups in total. The second-order valence-corrected chi connectivity index (χ2v) is 12.0. The Morgan fingerprint density at radius 1 is 1.08 bits per heavy atom. The minimum absolute atomic E-state index is 0.125. The number of hydrogen-bond donors (Lipinski definition) is 3. The first-order valence-corrected chi connectivity index (χ1v) is 13.8. The lowest BCUT2D eigenvalue weighted by Crippen LogP contribution is -2.46. The van der Waals surface area contributed by atoms with E-state index in [0.717, 1.165) is 65.4 Å². The number of carbonyl (C=O) groups is 1. The number of aromatic amines is 1. The molecule has 36 heavy (non-hydrogen) atoms. The van der Waals surface area contributed by atoms with E-state index in [9.17, 15) is 4.79 Å². The van der Waals surface area contributed by atoms with E-state index in [-0.39, 0.29) is 17.4 Å². The zero-order valence-electron chi connectivity index (χ0n) is 21.4. The quantitative estimate of drug-likeness (QED) is 0.321. The van der Waals surface area contributed by atoms with E-state index in [4.69, 9.17) is 9.97 Å². The highest BCUT2D eigenvalue weighted by Crippen LogP contribution is 2.32. The maximum atomic E-state index is 12.0. The number of amides is 1. The van der Waals surface area contributed by atoms with Crippen molar-refractivity contribution in [2.75, 3.05) is 23.7 Å². The third-order valence-electron chi connectivity index (χ3n) is 6.96. The van der Waals surface area contributed by atoms with Gasteiger partial charge in [0.2, 0.25) is 5.91 Å². The predicted octanol–water partition coefficient (Wildman–Crippen LogP) is 6.10. The third-order valence-corrected chi connectivity index (χ3v) is 7.83. The monoisotopic (exact) mass is 504 g/mol. The van der Waals surface area contributed by atoms with Crippen LogP contribution in [-0.4, -0.2) is 44.4 Å². The van der Waals surface area contributed by atoms with Crippen molar-refractivity contribution < 1.29 is 4.79 Å². The zero-order valence-corrected chi connectivity index (χ0v) is 22.2. The van der Waals surface area contributed by atoms with Crippen LogP contribution < -0.4 is 10.6 Å². The highest BCUT2D eigenvalue weighted by molar-refractivity contribution is 7.99. The normalized spacial score (nSPS) is 17.2. The second kappa shape index (κ2) is 10.6. The molecule has 2 fully saturated rings. The smallest absolute Gasteiger partial charge is 0.227 e. The lowest BCUT2D eigenvalue weighted by molar-refractivity contribution is -0.117. The number of nitrogens with zero attached hydrogens (tertiary/aromatic N) is 3. The van der Waals surface area contributed by atoms with Crippen LogP contribution in [-0.2, 0) is 11.2 Å². The number of piperidine rings is 1. The number of carbonyl (C=O) groups excluding carboxylic acids is 1. The van der Waals surface area contributed by atoms with E-state index in [0.29, 0.717) is 5.92 Å². The topological polar surface area (TPSA) is 85.9 Å². The van der Waals surface area contributed by atoms with Gasteiger partial charge in [0, 0.05) is 40.0 Å². The van der Waals surface area contributed by atoms with Gasteiger partial charge in [-0.05, 0) is 120 Å². The lowest BCUT2D eigenvalue weighted by atomic mass is 9.89. The number of anilines is 3. The fourth-order valence-corrected chi connectivity index (χ4v) is 5.43. The molecule has 8 heteroatoms. The first-order chi connectivity index (χ1) is 17.3. The van der Waals surface area contributed by atoms with E-state index >= 15 is 0 Å². The van der Waals surface area contributed by atoms with Gasteiger partial charge >= 0.3 is 0 Å². The van der Waals surface area contributed by atoms with Crippen molar-refractivity contribution in [1.82, 2.24) is 19.9 Å². The summed E-state index contributed by atoms with van der Waals surface area (Å²) in [5.41, 5.74) is 2.14. The Kier molecular flexibility index (Phi) is 7.34. The van der Waals surface area contributed by atoms with E-state index in [1.807, 2.05) is 42.6 Å². The summed E-state index contributed by atoms with van der Waals surface area (Å²) >= 11 is 1.55. The molecule has 3 aromatic rings. The molecule has 0 spiro atoms. The SMILES string of the molecule is CC(C)(C)N1CCC(Cc2cc(Nc3ccc[nH]3)nc(Sc3ccc(NC(=O)C4CC4)cc3)n2)CC1.